The zero-order valence-corrected chi connectivity index (χ0v) is 13.9. The number of hydrogen-bond donors (Lipinski definition) is 1. The van der Waals surface area contributed by atoms with E-state index in [-0.39, 0.29) is 12.4 Å². The van der Waals surface area contributed by atoms with Crippen LogP contribution in [0, 0.1) is 0 Å². The number of rotatable bonds is 3. The van der Waals surface area contributed by atoms with Crippen LogP contribution in [0.1, 0.15) is 5.56 Å². The Hall–Kier alpha value is -2.62. The molecule has 24 heavy (non-hydrogen) atoms. The Morgan fingerprint density at radius 2 is 1.54 bits per heavy atom. The van der Waals surface area contributed by atoms with Gasteiger partial charge in [-0.1, -0.05) is 54.6 Å². The highest BCUT2D eigenvalue weighted by molar-refractivity contribution is 5.87. The molecule has 120 valence electrons. The van der Waals surface area contributed by atoms with Crippen molar-refractivity contribution < 1.29 is 0 Å². The summed E-state index contributed by atoms with van der Waals surface area (Å²) in [5.74, 6) is 0. The van der Waals surface area contributed by atoms with Crippen LogP contribution in [0.4, 0.5) is 0 Å². The lowest BCUT2D eigenvalue weighted by atomic mass is 10.0. The van der Waals surface area contributed by atoms with Crippen LogP contribution in [0.15, 0.2) is 79.0 Å². The van der Waals surface area contributed by atoms with Crippen LogP contribution in [0.25, 0.3) is 27.7 Å². The fourth-order valence-corrected chi connectivity index (χ4v) is 2.85. The summed E-state index contributed by atoms with van der Waals surface area (Å²) < 4.78 is 1.90. The molecule has 2 N–H and O–H groups in total. The van der Waals surface area contributed by atoms with Crippen molar-refractivity contribution in [2.24, 2.45) is 5.73 Å². The van der Waals surface area contributed by atoms with Gasteiger partial charge in [0.1, 0.15) is 0 Å². The summed E-state index contributed by atoms with van der Waals surface area (Å²) in [4.78, 5) is 0. The molecule has 0 aliphatic heterocycles. The number of fused-ring (bicyclic) bond motifs is 1. The van der Waals surface area contributed by atoms with Gasteiger partial charge in [0, 0.05) is 23.9 Å². The lowest BCUT2D eigenvalue weighted by molar-refractivity contribution is 0.883. The van der Waals surface area contributed by atoms with Crippen molar-refractivity contribution in [1.29, 1.82) is 0 Å². The topological polar surface area (TPSA) is 43.8 Å². The average molecular weight is 336 g/mol. The normalized spacial score (nSPS) is 10.5. The van der Waals surface area contributed by atoms with E-state index >= 15 is 0 Å². The van der Waals surface area contributed by atoms with Crippen LogP contribution in [0.2, 0.25) is 0 Å². The second-order valence-corrected chi connectivity index (χ2v) is 5.55. The maximum absolute atomic E-state index is 5.94. The Kier molecular flexibility index (Phi) is 4.65. The summed E-state index contributed by atoms with van der Waals surface area (Å²) in [6.45, 7) is 0.467. The third kappa shape index (κ3) is 2.92. The maximum Gasteiger partial charge on any atom is 0.0972 e. The number of benzene rings is 3. The van der Waals surface area contributed by atoms with E-state index in [0.29, 0.717) is 6.54 Å². The summed E-state index contributed by atoms with van der Waals surface area (Å²) in [6.07, 6.45) is 2.01. The first-order chi connectivity index (χ1) is 11.3. The molecule has 4 heteroatoms. The van der Waals surface area contributed by atoms with Crippen LogP contribution >= 0.6 is 12.4 Å². The number of nitrogens with zero attached hydrogens (tertiary/aromatic N) is 2. The lowest BCUT2D eigenvalue weighted by Gasteiger charge is -2.03. The van der Waals surface area contributed by atoms with Crippen LogP contribution in [0.3, 0.4) is 0 Å². The Balaban J connectivity index is 0.00000169. The van der Waals surface area contributed by atoms with Crippen molar-refractivity contribution in [3.63, 3.8) is 0 Å². The molecule has 4 rings (SSSR count). The van der Waals surface area contributed by atoms with Crippen LogP contribution < -0.4 is 5.73 Å². The molecule has 0 unspecified atom stereocenters. The Bertz CT molecular complexity index is 961. The van der Waals surface area contributed by atoms with Crippen LogP contribution in [0.5, 0.6) is 0 Å². The second-order valence-electron chi connectivity index (χ2n) is 5.55. The molecular formula is C20H18ClN3. The minimum atomic E-state index is 0. The van der Waals surface area contributed by atoms with Gasteiger partial charge >= 0.3 is 0 Å². The van der Waals surface area contributed by atoms with E-state index in [1.54, 1.807) is 0 Å². The molecular weight excluding hydrogens is 318 g/mol. The fourth-order valence-electron chi connectivity index (χ4n) is 2.85. The molecule has 0 aliphatic carbocycles. The summed E-state index contributed by atoms with van der Waals surface area (Å²) in [7, 11) is 0. The van der Waals surface area contributed by atoms with E-state index < -0.39 is 0 Å². The van der Waals surface area contributed by atoms with Crippen molar-refractivity contribution in [3.8, 4) is 16.9 Å². The van der Waals surface area contributed by atoms with Gasteiger partial charge in [0.05, 0.1) is 11.4 Å². The number of nitrogens with two attached hydrogens (primary N) is 1. The van der Waals surface area contributed by atoms with Crippen molar-refractivity contribution in [2.75, 3.05) is 0 Å². The molecule has 1 aromatic heterocycles. The van der Waals surface area contributed by atoms with Crippen molar-refractivity contribution in [1.82, 2.24) is 9.78 Å². The van der Waals surface area contributed by atoms with Gasteiger partial charge in [-0.05, 0) is 29.0 Å². The van der Waals surface area contributed by atoms with Crippen LogP contribution in [-0.2, 0) is 6.54 Å². The molecule has 1 heterocycles. The predicted octanol–water partition coefficient (Wildman–Crippen LogP) is 4.57. The maximum atomic E-state index is 5.94. The lowest BCUT2D eigenvalue weighted by Crippen LogP contribution is -1.96. The van der Waals surface area contributed by atoms with E-state index in [4.69, 9.17) is 10.8 Å². The third-order valence-electron chi connectivity index (χ3n) is 4.05. The van der Waals surface area contributed by atoms with Gasteiger partial charge in [-0.3, -0.25) is 0 Å². The zero-order chi connectivity index (χ0) is 15.6. The Morgan fingerprint density at radius 3 is 2.29 bits per heavy atom. The Labute approximate surface area is 147 Å². The molecule has 0 saturated heterocycles. The highest BCUT2D eigenvalue weighted by Crippen LogP contribution is 2.27. The van der Waals surface area contributed by atoms with Gasteiger partial charge in [-0.15, -0.1) is 12.4 Å². The standard InChI is InChI=1S/C20H17N3.ClH/c21-13-18-14-23(19-8-2-1-3-9-19)22-20(18)17-11-10-15-6-4-5-7-16(15)12-17;/h1-12,14H,13,21H2;1H. The summed E-state index contributed by atoms with van der Waals surface area (Å²) in [5, 5.41) is 7.21. The van der Waals surface area contributed by atoms with Gasteiger partial charge in [-0.25, -0.2) is 4.68 Å². The van der Waals surface area contributed by atoms with E-state index in [9.17, 15) is 0 Å². The molecule has 0 bridgehead atoms. The SMILES string of the molecule is Cl.NCc1cn(-c2ccccc2)nc1-c1ccc2ccccc2c1. The monoisotopic (exact) mass is 335 g/mol. The molecule has 0 fully saturated rings. The van der Waals surface area contributed by atoms with Crippen molar-refractivity contribution in [3.05, 3.63) is 84.6 Å². The molecule has 3 nitrogen and oxygen atoms in total. The summed E-state index contributed by atoms with van der Waals surface area (Å²) in [6, 6.07) is 24.9. The smallest absolute Gasteiger partial charge is 0.0972 e. The number of halogens is 1. The third-order valence-corrected chi connectivity index (χ3v) is 4.05. The van der Waals surface area contributed by atoms with E-state index in [1.165, 1.54) is 10.8 Å². The van der Waals surface area contributed by atoms with Crippen molar-refractivity contribution >= 4 is 23.2 Å². The van der Waals surface area contributed by atoms with Gasteiger partial charge in [0.15, 0.2) is 0 Å². The van der Waals surface area contributed by atoms with Crippen molar-refractivity contribution in [2.45, 2.75) is 6.54 Å². The molecule has 0 spiro atoms. The predicted molar refractivity (Wildman–Crippen MR) is 102 cm³/mol. The van der Waals surface area contributed by atoms with E-state index in [1.807, 2.05) is 41.2 Å². The fraction of sp³-hybridized carbons (Fsp3) is 0.0500. The average Bonchev–Trinajstić information content (AvgIpc) is 3.06. The zero-order valence-electron chi connectivity index (χ0n) is 13.1. The first-order valence-electron chi connectivity index (χ1n) is 7.68. The molecule has 3 aromatic carbocycles. The number of aromatic nitrogens is 2. The quantitative estimate of drug-likeness (QED) is 0.596. The summed E-state index contributed by atoms with van der Waals surface area (Å²) in [5.41, 5.74) is 10.1. The highest BCUT2D eigenvalue weighted by Gasteiger charge is 2.11. The van der Waals surface area contributed by atoms with Gasteiger partial charge in [0.2, 0.25) is 0 Å². The number of para-hydroxylation sites is 1. The first-order valence-corrected chi connectivity index (χ1v) is 7.68. The largest absolute Gasteiger partial charge is 0.326 e. The minimum absolute atomic E-state index is 0. The molecule has 0 aliphatic rings. The highest BCUT2D eigenvalue weighted by atomic mass is 35.5. The molecule has 0 atom stereocenters. The molecule has 0 saturated carbocycles. The van der Waals surface area contributed by atoms with E-state index in [0.717, 1.165) is 22.5 Å². The second kappa shape index (κ2) is 6.87. The van der Waals surface area contributed by atoms with Gasteiger partial charge in [0.25, 0.3) is 0 Å². The van der Waals surface area contributed by atoms with E-state index in [2.05, 4.69) is 42.5 Å². The molecule has 4 aromatic rings. The molecule has 0 radical (unpaired) electrons. The summed E-state index contributed by atoms with van der Waals surface area (Å²) >= 11 is 0. The first kappa shape index (κ1) is 16.2. The number of hydrogen-bond acceptors (Lipinski definition) is 2. The molecule has 0 amide bonds. The minimum Gasteiger partial charge on any atom is -0.326 e. The van der Waals surface area contributed by atoms with Gasteiger partial charge < -0.3 is 5.73 Å². The Morgan fingerprint density at radius 1 is 0.833 bits per heavy atom. The van der Waals surface area contributed by atoms with Gasteiger partial charge in [-0.2, -0.15) is 5.10 Å². The van der Waals surface area contributed by atoms with Crippen LogP contribution in [-0.4, -0.2) is 9.78 Å².